The molecule has 1 fully saturated rings. The third-order valence-electron chi connectivity index (χ3n) is 5.72. The summed E-state index contributed by atoms with van der Waals surface area (Å²) in [6.45, 7) is 6.86. The fourth-order valence-electron chi connectivity index (χ4n) is 4.02. The molecule has 4 rings (SSSR count). The highest BCUT2D eigenvalue weighted by molar-refractivity contribution is 6.31. The number of amides is 2. The standard InChI is InChI=1S/C23H27ClN4O3/c1-17(29)27-10-8-26(9-11-27)15-18-4-2-3-5-20(18)25-23(30)16-28-12-13-31-22-7-6-19(24)14-21(22)28/h2-7,14H,8-13,15-16H2,1H3,(H,25,30). The maximum atomic E-state index is 12.9. The van der Waals surface area contributed by atoms with E-state index in [2.05, 4.69) is 10.2 Å². The smallest absolute Gasteiger partial charge is 0.243 e. The third-order valence-corrected chi connectivity index (χ3v) is 5.95. The lowest BCUT2D eigenvalue weighted by molar-refractivity contribution is -0.130. The number of carbonyl (C=O) groups is 2. The molecule has 0 unspecified atom stereocenters. The summed E-state index contributed by atoms with van der Waals surface area (Å²) in [4.78, 5) is 30.6. The first-order chi connectivity index (χ1) is 15.0. The van der Waals surface area contributed by atoms with Gasteiger partial charge in [-0.2, -0.15) is 0 Å². The number of hydrogen-bond donors (Lipinski definition) is 1. The number of piperazine rings is 1. The molecule has 0 radical (unpaired) electrons. The van der Waals surface area contributed by atoms with Crippen LogP contribution in [0.4, 0.5) is 11.4 Å². The van der Waals surface area contributed by atoms with Crippen molar-refractivity contribution in [2.45, 2.75) is 13.5 Å². The van der Waals surface area contributed by atoms with Crippen LogP contribution in [0.3, 0.4) is 0 Å². The highest BCUT2D eigenvalue weighted by Gasteiger charge is 2.22. The van der Waals surface area contributed by atoms with Crippen LogP contribution in [0.1, 0.15) is 12.5 Å². The summed E-state index contributed by atoms with van der Waals surface area (Å²) in [5.74, 6) is 0.786. The van der Waals surface area contributed by atoms with Crippen molar-refractivity contribution in [2.24, 2.45) is 0 Å². The van der Waals surface area contributed by atoms with E-state index in [1.807, 2.05) is 46.2 Å². The molecule has 0 aliphatic carbocycles. The summed E-state index contributed by atoms with van der Waals surface area (Å²) in [6.07, 6.45) is 0. The minimum Gasteiger partial charge on any atom is -0.490 e. The van der Waals surface area contributed by atoms with Gasteiger partial charge in [0.15, 0.2) is 0 Å². The van der Waals surface area contributed by atoms with E-state index in [0.29, 0.717) is 18.2 Å². The molecule has 2 aliphatic rings. The molecule has 0 aromatic heterocycles. The van der Waals surface area contributed by atoms with E-state index in [4.69, 9.17) is 16.3 Å². The molecule has 0 spiro atoms. The number of para-hydroxylation sites is 1. The van der Waals surface area contributed by atoms with Gasteiger partial charge < -0.3 is 19.9 Å². The molecule has 2 heterocycles. The van der Waals surface area contributed by atoms with Gasteiger partial charge in [-0.25, -0.2) is 0 Å². The van der Waals surface area contributed by atoms with Crippen LogP contribution in [-0.4, -0.2) is 67.5 Å². The van der Waals surface area contributed by atoms with Gasteiger partial charge in [-0.15, -0.1) is 0 Å². The van der Waals surface area contributed by atoms with E-state index in [-0.39, 0.29) is 18.4 Å². The van der Waals surface area contributed by atoms with E-state index < -0.39 is 0 Å². The molecular formula is C23H27ClN4O3. The Balaban J connectivity index is 1.39. The molecule has 7 nitrogen and oxygen atoms in total. The van der Waals surface area contributed by atoms with E-state index in [1.165, 1.54) is 0 Å². The first-order valence-corrected chi connectivity index (χ1v) is 10.9. The van der Waals surface area contributed by atoms with Gasteiger partial charge in [0, 0.05) is 50.4 Å². The summed E-state index contributed by atoms with van der Waals surface area (Å²) in [7, 11) is 0. The Morgan fingerprint density at radius 1 is 1.06 bits per heavy atom. The van der Waals surface area contributed by atoms with Crippen LogP contribution in [0.5, 0.6) is 5.75 Å². The first-order valence-electron chi connectivity index (χ1n) is 10.5. The number of nitrogens with zero attached hydrogens (tertiary/aromatic N) is 3. The predicted molar refractivity (Wildman–Crippen MR) is 122 cm³/mol. The molecule has 31 heavy (non-hydrogen) atoms. The quantitative estimate of drug-likeness (QED) is 0.771. The number of rotatable bonds is 5. The molecule has 0 atom stereocenters. The van der Waals surface area contributed by atoms with Gasteiger partial charge in [-0.3, -0.25) is 14.5 Å². The Morgan fingerprint density at radius 2 is 1.84 bits per heavy atom. The molecule has 164 valence electrons. The Kier molecular flexibility index (Phi) is 6.63. The lowest BCUT2D eigenvalue weighted by Gasteiger charge is -2.34. The highest BCUT2D eigenvalue weighted by atomic mass is 35.5. The molecule has 2 aromatic rings. The zero-order valence-electron chi connectivity index (χ0n) is 17.6. The SMILES string of the molecule is CC(=O)N1CCN(Cc2ccccc2NC(=O)CN2CCOc3ccc(Cl)cc32)CC1. The zero-order chi connectivity index (χ0) is 21.8. The lowest BCUT2D eigenvalue weighted by atomic mass is 10.1. The number of carbonyl (C=O) groups excluding carboxylic acids is 2. The summed E-state index contributed by atoms with van der Waals surface area (Å²) in [5, 5.41) is 3.69. The molecule has 2 aromatic carbocycles. The second kappa shape index (κ2) is 9.58. The number of benzene rings is 2. The molecule has 1 N–H and O–H groups in total. The minimum absolute atomic E-state index is 0.0818. The number of fused-ring (bicyclic) bond motifs is 1. The number of hydrogen-bond acceptors (Lipinski definition) is 5. The van der Waals surface area contributed by atoms with Crippen molar-refractivity contribution in [3.8, 4) is 5.75 Å². The maximum Gasteiger partial charge on any atom is 0.243 e. The van der Waals surface area contributed by atoms with Gasteiger partial charge in [0.1, 0.15) is 12.4 Å². The van der Waals surface area contributed by atoms with Crippen molar-refractivity contribution >= 4 is 34.8 Å². The highest BCUT2D eigenvalue weighted by Crippen LogP contribution is 2.33. The Morgan fingerprint density at radius 3 is 2.61 bits per heavy atom. The largest absolute Gasteiger partial charge is 0.490 e. The summed E-state index contributed by atoms with van der Waals surface area (Å²) >= 11 is 6.14. The van der Waals surface area contributed by atoms with Gasteiger partial charge in [-0.05, 0) is 29.8 Å². The van der Waals surface area contributed by atoms with Crippen molar-refractivity contribution in [1.29, 1.82) is 0 Å². The topological polar surface area (TPSA) is 65.1 Å². The third kappa shape index (κ3) is 5.29. The van der Waals surface area contributed by atoms with Crippen molar-refractivity contribution < 1.29 is 14.3 Å². The van der Waals surface area contributed by atoms with Crippen LogP contribution in [0.2, 0.25) is 5.02 Å². The van der Waals surface area contributed by atoms with Crippen molar-refractivity contribution in [2.75, 3.05) is 56.1 Å². The monoisotopic (exact) mass is 442 g/mol. The maximum absolute atomic E-state index is 12.9. The number of ether oxygens (including phenoxy) is 1. The molecule has 8 heteroatoms. The second-order valence-electron chi connectivity index (χ2n) is 7.87. The minimum atomic E-state index is -0.0818. The van der Waals surface area contributed by atoms with Crippen molar-refractivity contribution in [1.82, 2.24) is 9.80 Å². The van der Waals surface area contributed by atoms with Gasteiger partial charge >= 0.3 is 0 Å². The second-order valence-corrected chi connectivity index (χ2v) is 8.31. The summed E-state index contributed by atoms with van der Waals surface area (Å²) in [5.41, 5.74) is 2.73. The van der Waals surface area contributed by atoms with Gasteiger partial charge in [0.2, 0.25) is 11.8 Å². The number of anilines is 2. The Hall–Kier alpha value is -2.77. The molecule has 1 saturated heterocycles. The fraction of sp³-hybridized carbons (Fsp3) is 0.391. The van der Waals surface area contributed by atoms with Gasteiger partial charge in [0.05, 0.1) is 18.8 Å². The van der Waals surface area contributed by atoms with Gasteiger partial charge in [0.25, 0.3) is 0 Å². The number of halogens is 1. The first kappa shape index (κ1) is 21.5. The summed E-state index contributed by atoms with van der Waals surface area (Å²) < 4.78 is 5.67. The molecule has 0 bridgehead atoms. The zero-order valence-corrected chi connectivity index (χ0v) is 18.4. The van der Waals surface area contributed by atoms with Crippen LogP contribution in [-0.2, 0) is 16.1 Å². The van der Waals surface area contributed by atoms with Crippen LogP contribution in [0.25, 0.3) is 0 Å². The molecule has 2 aliphatic heterocycles. The number of nitrogens with one attached hydrogen (secondary N) is 1. The summed E-state index contributed by atoms with van der Waals surface area (Å²) in [6, 6.07) is 13.3. The average molecular weight is 443 g/mol. The van der Waals surface area contributed by atoms with E-state index in [1.54, 1.807) is 13.0 Å². The lowest BCUT2D eigenvalue weighted by Crippen LogP contribution is -2.47. The average Bonchev–Trinajstić information content (AvgIpc) is 2.76. The normalized spacial score (nSPS) is 16.5. The van der Waals surface area contributed by atoms with Crippen molar-refractivity contribution in [3.63, 3.8) is 0 Å². The molecule has 0 saturated carbocycles. The van der Waals surface area contributed by atoms with Crippen LogP contribution in [0, 0.1) is 0 Å². The van der Waals surface area contributed by atoms with Crippen LogP contribution >= 0.6 is 11.6 Å². The predicted octanol–water partition coefficient (Wildman–Crippen LogP) is 2.84. The Labute approximate surface area is 187 Å². The van der Waals surface area contributed by atoms with E-state index in [0.717, 1.165) is 55.4 Å². The Bertz CT molecular complexity index is 960. The molecular weight excluding hydrogens is 416 g/mol. The fourth-order valence-corrected chi connectivity index (χ4v) is 4.18. The van der Waals surface area contributed by atoms with Crippen molar-refractivity contribution in [3.05, 3.63) is 53.1 Å². The van der Waals surface area contributed by atoms with E-state index >= 15 is 0 Å². The van der Waals surface area contributed by atoms with Crippen LogP contribution in [0.15, 0.2) is 42.5 Å². The van der Waals surface area contributed by atoms with Crippen LogP contribution < -0.4 is 15.0 Å². The molecule has 2 amide bonds. The van der Waals surface area contributed by atoms with Gasteiger partial charge in [-0.1, -0.05) is 29.8 Å². The van der Waals surface area contributed by atoms with E-state index in [9.17, 15) is 9.59 Å².